The summed E-state index contributed by atoms with van der Waals surface area (Å²) in [5, 5.41) is 9.06. The number of ether oxygens (including phenoxy) is 2. The lowest BCUT2D eigenvalue weighted by atomic mass is 9.82. The Labute approximate surface area is 261 Å². The topological polar surface area (TPSA) is 92.2 Å². The Morgan fingerprint density at radius 3 is 2.26 bits per heavy atom. The maximum Gasteiger partial charge on any atom is 0.266 e. The number of carbonyl (C=O) groups excluding carboxylic acids is 1. The summed E-state index contributed by atoms with van der Waals surface area (Å²) in [6, 6.07) is 33.6. The summed E-state index contributed by atoms with van der Waals surface area (Å²) in [5.74, 6) is 0.779. The number of aliphatic imine (C=N–C) groups is 1. The molecule has 1 aliphatic heterocycles. The van der Waals surface area contributed by atoms with Crippen molar-refractivity contribution in [2.24, 2.45) is 4.99 Å². The van der Waals surface area contributed by atoms with E-state index in [0.29, 0.717) is 31.1 Å². The van der Waals surface area contributed by atoms with Crippen molar-refractivity contribution < 1.29 is 19.4 Å². The van der Waals surface area contributed by atoms with Gasteiger partial charge in [0.05, 0.1) is 6.61 Å². The molecule has 4 aromatic rings. The first-order valence-electron chi connectivity index (χ1n) is 14.4. The van der Waals surface area contributed by atoms with Gasteiger partial charge in [0, 0.05) is 35.5 Å². The van der Waals surface area contributed by atoms with Gasteiger partial charge < -0.3 is 14.6 Å². The van der Waals surface area contributed by atoms with Crippen LogP contribution >= 0.6 is 15.9 Å². The van der Waals surface area contributed by atoms with E-state index in [2.05, 4.69) is 51.0 Å². The summed E-state index contributed by atoms with van der Waals surface area (Å²) < 4.78 is 13.2. The number of nitrogens with one attached hydrogen (secondary N) is 2. The van der Waals surface area contributed by atoms with Crippen molar-refractivity contribution in [1.82, 2.24) is 10.9 Å². The van der Waals surface area contributed by atoms with Gasteiger partial charge in [0.2, 0.25) is 5.90 Å². The second-order valence-electron chi connectivity index (χ2n) is 10.8. The van der Waals surface area contributed by atoms with E-state index in [4.69, 9.17) is 19.6 Å². The molecule has 0 radical (unpaired) electrons. The summed E-state index contributed by atoms with van der Waals surface area (Å²) in [4.78, 5) is 19.3. The number of halogens is 1. The average Bonchev–Trinajstić information content (AvgIpc) is 3.42. The zero-order chi connectivity index (χ0) is 30.2. The van der Waals surface area contributed by atoms with Crippen LogP contribution in [0.25, 0.3) is 11.1 Å². The van der Waals surface area contributed by atoms with Crippen LogP contribution in [0, 0.1) is 0 Å². The maximum atomic E-state index is 14.2. The lowest BCUT2D eigenvalue weighted by Gasteiger charge is -2.31. The maximum absolute atomic E-state index is 14.2. The highest BCUT2D eigenvalue weighted by atomic mass is 79.9. The minimum atomic E-state index is -1.31. The molecule has 0 bridgehead atoms. The first-order chi connectivity index (χ1) is 20.9. The van der Waals surface area contributed by atoms with E-state index < -0.39 is 11.6 Å². The lowest BCUT2D eigenvalue weighted by Crippen LogP contribution is -2.55. The summed E-state index contributed by atoms with van der Waals surface area (Å²) in [5.41, 5.74) is 9.37. The Balaban J connectivity index is 1.57. The van der Waals surface area contributed by atoms with E-state index in [1.54, 1.807) is 0 Å². The molecule has 0 saturated heterocycles. The molecule has 3 N–H and O–H groups in total. The summed E-state index contributed by atoms with van der Waals surface area (Å²) in [7, 11) is 0. The van der Waals surface area contributed by atoms with Gasteiger partial charge in [-0.1, -0.05) is 88.7 Å². The highest BCUT2D eigenvalue weighted by Gasteiger charge is 2.53. The van der Waals surface area contributed by atoms with Crippen molar-refractivity contribution in [3.63, 3.8) is 0 Å². The molecular weight excluding hydrogens is 606 g/mol. The standard InChI is InChI=1S/C35H36BrN3O4/c1-24(2)38-39-34(41)35(23-29-11-6-7-12-31(29)36)32(27-15-13-26(14-16-27)25-9-4-3-5-10-25)43-33(37-35)28-17-19-30(20-18-28)42-22-8-21-40/h3-7,9-20,24,32,38,40H,8,21-23H2,1-2H3,(H,39,41)/t32-,35-/m0/s1. The van der Waals surface area contributed by atoms with Crippen molar-refractivity contribution in [3.05, 3.63) is 124 Å². The summed E-state index contributed by atoms with van der Waals surface area (Å²) in [6.45, 7) is 4.42. The quantitative estimate of drug-likeness (QED) is 0.123. The van der Waals surface area contributed by atoms with Crippen LogP contribution in [0.15, 0.2) is 113 Å². The van der Waals surface area contributed by atoms with Crippen molar-refractivity contribution in [3.8, 4) is 16.9 Å². The number of carbonyl (C=O) groups is 1. The normalized spacial score (nSPS) is 17.8. The van der Waals surface area contributed by atoms with Crippen LogP contribution in [0.5, 0.6) is 5.75 Å². The number of amides is 1. The molecule has 0 aromatic heterocycles. The Morgan fingerprint density at radius 1 is 0.930 bits per heavy atom. The highest BCUT2D eigenvalue weighted by Crippen LogP contribution is 2.43. The molecular formula is C35H36BrN3O4. The number of hydrogen-bond donors (Lipinski definition) is 3. The number of nitrogens with zero attached hydrogens (tertiary/aromatic N) is 1. The van der Waals surface area contributed by atoms with Crippen molar-refractivity contribution in [2.75, 3.05) is 13.2 Å². The van der Waals surface area contributed by atoms with Gasteiger partial charge in [-0.3, -0.25) is 10.2 Å². The van der Waals surface area contributed by atoms with E-state index in [0.717, 1.165) is 32.3 Å². The third-order valence-corrected chi connectivity index (χ3v) is 8.02. The predicted octanol–water partition coefficient (Wildman–Crippen LogP) is 6.41. The van der Waals surface area contributed by atoms with Crippen LogP contribution in [0.3, 0.4) is 0 Å². The smallest absolute Gasteiger partial charge is 0.266 e. The molecule has 2 atom stereocenters. The average molecular weight is 643 g/mol. The highest BCUT2D eigenvalue weighted by molar-refractivity contribution is 9.10. The van der Waals surface area contributed by atoms with Crippen LogP contribution in [0.2, 0.25) is 0 Å². The summed E-state index contributed by atoms with van der Waals surface area (Å²) >= 11 is 3.68. The van der Waals surface area contributed by atoms with Crippen LogP contribution in [-0.4, -0.2) is 41.7 Å². The third kappa shape index (κ3) is 7.16. The number of hydrogen-bond acceptors (Lipinski definition) is 6. The van der Waals surface area contributed by atoms with Crippen LogP contribution in [-0.2, 0) is 16.0 Å². The number of aliphatic hydroxyl groups excluding tert-OH is 1. The first-order valence-corrected chi connectivity index (χ1v) is 15.2. The monoisotopic (exact) mass is 641 g/mol. The largest absolute Gasteiger partial charge is 0.494 e. The molecule has 0 spiro atoms. The van der Waals surface area contributed by atoms with E-state index in [9.17, 15) is 4.79 Å². The Hall–Kier alpha value is -3.98. The van der Waals surface area contributed by atoms with Crippen LogP contribution in [0.1, 0.15) is 43.1 Å². The van der Waals surface area contributed by atoms with Gasteiger partial charge in [0.25, 0.3) is 5.91 Å². The SMILES string of the molecule is CC(C)NNC(=O)[C@@]1(Cc2ccccc2Br)N=C(c2ccc(OCCCO)cc2)O[C@H]1c1ccc(-c2ccccc2)cc1. The van der Waals surface area contributed by atoms with Crippen molar-refractivity contribution >= 4 is 27.7 Å². The summed E-state index contributed by atoms with van der Waals surface area (Å²) in [6.07, 6.45) is 0.157. The van der Waals surface area contributed by atoms with Crippen LogP contribution in [0.4, 0.5) is 0 Å². The van der Waals surface area contributed by atoms with Gasteiger partial charge in [-0.2, -0.15) is 0 Å². The minimum Gasteiger partial charge on any atom is -0.494 e. The third-order valence-electron chi connectivity index (χ3n) is 7.24. The molecule has 7 nitrogen and oxygen atoms in total. The molecule has 0 fully saturated rings. The zero-order valence-electron chi connectivity index (χ0n) is 24.3. The second-order valence-corrected chi connectivity index (χ2v) is 11.7. The molecule has 43 heavy (non-hydrogen) atoms. The fraction of sp³-hybridized carbons (Fsp3) is 0.257. The van der Waals surface area contributed by atoms with Gasteiger partial charge in [-0.25, -0.2) is 10.4 Å². The lowest BCUT2D eigenvalue weighted by molar-refractivity contribution is -0.130. The molecule has 1 heterocycles. The Kier molecular flexibility index (Phi) is 9.92. The van der Waals surface area contributed by atoms with E-state index >= 15 is 0 Å². The number of benzene rings is 4. The number of hydrazine groups is 1. The molecule has 0 aliphatic carbocycles. The molecule has 0 saturated carbocycles. The van der Waals surface area contributed by atoms with E-state index in [-0.39, 0.29) is 18.6 Å². The zero-order valence-corrected chi connectivity index (χ0v) is 25.9. The molecule has 222 valence electrons. The van der Waals surface area contributed by atoms with Crippen molar-refractivity contribution in [2.45, 2.75) is 44.4 Å². The van der Waals surface area contributed by atoms with Gasteiger partial charge in [0.15, 0.2) is 11.6 Å². The Morgan fingerprint density at radius 2 is 1.58 bits per heavy atom. The number of aliphatic hydroxyl groups is 1. The van der Waals surface area contributed by atoms with Gasteiger partial charge in [0.1, 0.15) is 5.75 Å². The van der Waals surface area contributed by atoms with Gasteiger partial charge >= 0.3 is 0 Å². The van der Waals surface area contributed by atoms with Gasteiger partial charge in [-0.15, -0.1) is 0 Å². The van der Waals surface area contributed by atoms with Crippen LogP contribution < -0.4 is 15.6 Å². The molecule has 1 amide bonds. The predicted molar refractivity (Wildman–Crippen MR) is 173 cm³/mol. The number of rotatable bonds is 12. The van der Waals surface area contributed by atoms with E-state index in [1.807, 2.05) is 92.7 Å². The minimum absolute atomic E-state index is 0.0252. The Bertz CT molecular complexity index is 1540. The first kappa shape index (κ1) is 30.5. The van der Waals surface area contributed by atoms with Gasteiger partial charge in [-0.05, 0) is 66.4 Å². The molecule has 8 heteroatoms. The van der Waals surface area contributed by atoms with Crippen molar-refractivity contribution in [1.29, 1.82) is 0 Å². The molecule has 0 unspecified atom stereocenters. The van der Waals surface area contributed by atoms with E-state index in [1.165, 1.54) is 0 Å². The second kappa shape index (κ2) is 14.0. The fourth-order valence-corrected chi connectivity index (χ4v) is 5.44. The molecule has 5 rings (SSSR count). The fourth-order valence-electron chi connectivity index (χ4n) is 5.01. The molecule has 1 aliphatic rings. The molecule has 4 aromatic carbocycles.